The normalized spacial score (nSPS) is 19.8. The quantitative estimate of drug-likeness (QED) is 0.539. The van der Waals surface area contributed by atoms with Crippen molar-refractivity contribution in [1.29, 1.82) is 0 Å². The molecular weight excluding hydrogens is 464 g/mol. The SMILES string of the molecule is COc1ccccc1[C@@H](NC(=O)c1cccc(S(=O)(=O)N2C[C@H](C)C[C@H](C)C2)c1)c1nccn1C. The van der Waals surface area contributed by atoms with Crippen LogP contribution in [0.2, 0.25) is 0 Å². The van der Waals surface area contributed by atoms with Gasteiger partial charge in [-0.25, -0.2) is 13.4 Å². The van der Waals surface area contributed by atoms with Crippen molar-refractivity contribution in [3.8, 4) is 5.75 Å². The number of rotatable bonds is 7. The Bertz CT molecular complexity index is 1290. The molecule has 0 radical (unpaired) electrons. The average molecular weight is 497 g/mol. The number of amides is 1. The van der Waals surface area contributed by atoms with Crippen molar-refractivity contribution in [2.75, 3.05) is 20.2 Å². The number of hydrogen-bond acceptors (Lipinski definition) is 5. The Kier molecular flexibility index (Phi) is 7.28. The Hall–Kier alpha value is -3.17. The summed E-state index contributed by atoms with van der Waals surface area (Å²) in [4.78, 5) is 18.0. The summed E-state index contributed by atoms with van der Waals surface area (Å²) >= 11 is 0. The molecule has 0 spiro atoms. The number of ether oxygens (including phenoxy) is 1. The Morgan fingerprint density at radius 2 is 1.83 bits per heavy atom. The lowest BCUT2D eigenvalue weighted by Gasteiger charge is -2.34. The van der Waals surface area contributed by atoms with Gasteiger partial charge in [0.2, 0.25) is 10.0 Å². The zero-order valence-electron chi connectivity index (χ0n) is 20.5. The standard InChI is InChI=1S/C26H32N4O4S/c1-18-14-19(2)17-30(16-18)35(32,33)21-9-7-8-20(15-21)26(31)28-24(25-27-12-13-29(25)3)22-10-5-6-11-23(22)34-4/h5-13,15,18-19,24H,14,16-17H2,1-4H3,(H,28,31)/t18-,19+,24-/m1/s1. The van der Waals surface area contributed by atoms with E-state index in [0.717, 1.165) is 12.0 Å². The summed E-state index contributed by atoms with van der Waals surface area (Å²) in [5.74, 6) is 1.42. The lowest BCUT2D eigenvalue weighted by atomic mass is 9.94. The van der Waals surface area contributed by atoms with Crippen molar-refractivity contribution in [2.24, 2.45) is 18.9 Å². The number of piperidine rings is 1. The molecule has 1 amide bonds. The molecular formula is C26H32N4O4S. The van der Waals surface area contributed by atoms with Gasteiger partial charge in [0.25, 0.3) is 5.91 Å². The minimum absolute atomic E-state index is 0.122. The van der Waals surface area contributed by atoms with Crippen molar-refractivity contribution < 1.29 is 17.9 Å². The molecule has 3 atom stereocenters. The number of para-hydroxylation sites is 1. The molecule has 1 aromatic heterocycles. The van der Waals surface area contributed by atoms with Crippen LogP contribution < -0.4 is 10.1 Å². The molecule has 0 aliphatic carbocycles. The van der Waals surface area contributed by atoms with Gasteiger partial charge in [0.05, 0.1) is 12.0 Å². The van der Waals surface area contributed by atoms with Gasteiger partial charge >= 0.3 is 0 Å². The number of aromatic nitrogens is 2. The molecule has 2 heterocycles. The third-order valence-electron chi connectivity index (χ3n) is 6.41. The van der Waals surface area contributed by atoms with Gasteiger partial charge in [-0.3, -0.25) is 4.79 Å². The van der Waals surface area contributed by atoms with E-state index in [2.05, 4.69) is 24.1 Å². The fraction of sp³-hybridized carbons (Fsp3) is 0.385. The minimum atomic E-state index is -3.71. The number of sulfonamides is 1. The Morgan fingerprint density at radius 1 is 1.11 bits per heavy atom. The molecule has 1 saturated heterocycles. The third kappa shape index (κ3) is 5.26. The summed E-state index contributed by atoms with van der Waals surface area (Å²) in [6.45, 7) is 5.10. The van der Waals surface area contributed by atoms with Crippen LogP contribution in [0.15, 0.2) is 65.8 Å². The van der Waals surface area contributed by atoms with E-state index in [1.165, 1.54) is 10.4 Å². The zero-order valence-corrected chi connectivity index (χ0v) is 21.3. The first kappa shape index (κ1) is 24.9. The maximum Gasteiger partial charge on any atom is 0.252 e. The molecule has 35 heavy (non-hydrogen) atoms. The Morgan fingerprint density at radius 3 is 2.49 bits per heavy atom. The second-order valence-corrected chi connectivity index (χ2v) is 11.3. The number of methoxy groups -OCH3 is 1. The molecule has 3 aromatic rings. The lowest BCUT2D eigenvalue weighted by molar-refractivity contribution is 0.0940. The first-order valence-corrected chi connectivity index (χ1v) is 13.2. The number of carbonyl (C=O) groups excluding carboxylic acids is 1. The molecule has 1 N–H and O–H groups in total. The monoisotopic (exact) mass is 496 g/mol. The maximum absolute atomic E-state index is 13.4. The van der Waals surface area contributed by atoms with Crippen molar-refractivity contribution in [1.82, 2.24) is 19.2 Å². The smallest absolute Gasteiger partial charge is 0.252 e. The van der Waals surface area contributed by atoms with Crippen molar-refractivity contribution in [2.45, 2.75) is 31.2 Å². The van der Waals surface area contributed by atoms with Gasteiger partial charge in [0, 0.05) is 43.7 Å². The van der Waals surface area contributed by atoms with Crippen LogP contribution in [-0.4, -0.2) is 48.4 Å². The summed E-state index contributed by atoms with van der Waals surface area (Å²) in [6.07, 6.45) is 4.47. The number of benzene rings is 2. The van der Waals surface area contributed by atoms with Crippen molar-refractivity contribution >= 4 is 15.9 Å². The van der Waals surface area contributed by atoms with E-state index in [0.29, 0.717) is 36.5 Å². The van der Waals surface area contributed by atoms with Gasteiger partial charge in [-0.15, -0.1) is 0 Å². The predicted molar refractivity (Wildman–Crippen MR) is 134 cm³/mol. The average Bonchev–Trinajstić information content (AvgIpc) is 3.27. The molecule has 1 fully saturated rings. The lowest BCUT2D eigenvalue weighted by Crippen LogP contribution is -2.42. The number of hydrogen-bond donors (Lipinski definition) is 1. The Labute approximate surface area is 207 Å². The second kappa shape index (κ2) is 10.2. The number of imidazole rings is 1. The molecule has 0 saturated carbocycles. The van der Waals surface area contributed by atoms with E-state index in [1.54, 1.807) is 37.7 Å². The van der Waals surface area contributed by atoms with Crippen molar-refractivity contribution in [3.63, 3.8) is 0 Å². The van der Waals surface area contributed by atoms with Gasteiger partial charge in [0.1, 0.15) is 17.6 Å². The molecule has 186 valence electrons. The summed E-state index contributed by atoms with van der Waals surface area (Å²) in [7, 11) is -0.280. The second-order valence-electron chi connectivity index (χ2n) is 9.34. The summed E-state index contributed by atoms with van der Waals surface area (Å²) in [5, 5.41) is 3.03. The molecule has 2 aromatic carbocycles. The largest absolute Gasteiger partial charge is 0.496 e. The maximum atomic E-state index is 13.4. The van der Waals surface area contributed by atoms with E-state index in [1.807, 2.05) is 35.9 Å². The highest BCUT2D eigenvalue weighted by molar-refractivity contribution is 7.89. The zero-order chi connectivity index (χ0) is 25.2. The van der Waals surface area contributed by atoms with Crippen LogP contribution in [0.1, 0.15) is 48.1 Å². The van der Waals surface area contributed by atoms with E-state index in [4.69, 9.17) is 4.74 Å². The van der Waals surface area contributed by atoms with Gasteiger partial charge in [0.15, 0.2) is 0 Å². The van der Waals surface area contributed by atoms with Crippen LogP contribution in [0.3, 0.4) is 0 Å². The van der Waals surface area contributed by atoms with Crippen LogP contribution in [-0.2, 0) is 17.1 Å². The van der Waals surface area contributed by atoms with Crippen LogP contribution >= 0.6 is 0 Å². The van der Waals surface area contributed by atoms with Crippen LogP contribution in [0.5, 0.6) is 5.75 Å². The van der Waals surface area contributed by atoms with Crippen LogP contribution in [0.25, 0.3) is 0 Å². The van der Waals surface area contributed by atoms with Gasteiger partial charge in [-0.2, -0.15) is 4.31 Å². The van der Waals surface area contributed by atoms with Gasteiger partial charge < -0.3 is 14.6 Å². The van der Waals surface area contributed by atoms with Gasteiger partial charge in [-0.05, 0) is 42.5 Å². The van der Waals surface area contributed by atoms with Gasteiger partial charge in [-0.1, -0.05) is 38.1 Å². The Balaban J connectivity index is 1.65. The number of nitrogens with zero attached hydrogens (tertiary/aromatic N) is 3. The molecule has 0 bridgehead atoms. The highest BCUT2D eigenvalue weighted by atomic mass is 32.2. The van der Waals surface area contributed by atoms with E-state index in [-0.39, 0.29) is 10.5 Å². The first-order valence-electron chi connectivity index (χ1n) is 11.7. The highest BCUT2D eigenvalue weighted by Gasteiger charge is 2.32. The number of carbonyl (C=O) groups is 1. The molecule has 1 aliphatic rings. The molecule has 8 nitrogen and oxygen atoms in total. The van der Waals surface area contributed by atoms with Crippen LogP contribution in [0, 0.1) is 11.8 Å². The number of nitrogens with one attached hydrogen (secondary N) is 1. The summed E-state index contributed by atoms with van der Waals surface area (Å²) in [5.41, 5.74) is 1.01. The molecule has 4 rings (SSSR count). The summed E-state index contributed by atoms with van der Waals surface area (Å²) < 4.78 is 35.6. The molecule has 1 aliphatic heterocycles. The predicted octanol–water partition coefficient (Wildman–Crippen LogP) is 3.61. The van der Waals surface area contributed by atoms with E-state index in [9.17, 15) is 13.2 Å². The first-order chi connectivity index (χ1) is 16.7. The van der Waals surface area contributed by atoms with E-state index < -0.39 is 22.0 Å². The van der Waals surface area contributed by atoms with E-state index >= 15 is 0 Å². The van der Waals surface area contributed by atoms with Crippen molar-refractivity contribution in [3.05, 3.63) is 77.9 Å². The third-order valence-corrected chi connectivity index (χ3v) is 8.24. The summed E-state index contributed by atoms with van der Waals surface area (Å²) in [6, 6.07) is 13.1. The molecule has 9 heteroatoms. The fourth-order valence-electron chi connectivity index (χ4n) is 4.80. The topological polar surface area (TPSA) is 93.5 Å². The fourth-order valence-corrected chi connectivity index (χ4v) is 6.53. The number of aryl methyl sites for hydroxylation is 1. The van der Waals surface area contributed by atoms with Crippen LogP contribution in [0.4, 0.5) is 0 Å². The minimum Gasteiger partial charge on any atom is -0.496 e. The highest BCUT2D eigenvalue weighted by Crippen LogP contribution is 2.30. The molecule has 0 unspecified atom stereocenters.